The lowest BCUT2D eigenvalue weighted by molar-refractivity contribution is -0.150. The maximum atomic E-state index is 12.6. The molecule has 26 heavy (non-hydrogen) atoms. The molecule has 0 radical (unpaired) electrons. The molecule has 1 aromatic rings. The number of thiazole rings is 1. The standard InChI is InChI=1S/C13H12BrN5O5S2/c1-24-18-6(5-8(14)26-13(15)17-5)9(20)16-7-10(21)19-4(12(22)23)2-3-25-11(7)19/h2,7,11H,3H2,1H3,(H2,15,17)(H,16,20)(H,22,23)/b18-6-/t7-,11-/m1/s1. The molecule has 13 heteroatoms. The fourth-order valence-electron chi connectivity index (χ4n) is 2.49. The van der Waals surface area contributed by atoms with Crippen LogP contribution in [0, 0.1) is 0 Å². The number of anilines is 1. The Labute approximate surface area is 163 Å². The first-order valence-corrected chi connectivity index (χ1v) is 9.73. The van der Waals surface area contributed by atoms with Crippen LogP contribution in [0.25, 0.3) is 0 Å². The number of nitrogens with zero attached hydrogens (tertiary/aromatic N) is 3. The Hall–Kier alpha value is -2.12. The van der Waals surface area contributed by atoms with Gasteiger partial charge in [-0.2, -0.15) is 0 Å². The van der Waals surface area contributed by atoms with Gasteiger partial charge in [0.1, 0.15) is 33.7 Å². The second-order valence-corrected chi connectivity index (χ2v) is 8.57. The number of carboxylic acid groups (broad SMARTS) is 1. The van der Waals surface area contributed by atoms with Gasteiger partial charge in [0, 0.05) is 5.75 Å². The smallest absolute Gasteiger partial charge is 0.352 e. The Morgan fingerprint density at radius 1 is 1.58 bits per heavy atom. The largest absolute Gasteiger partial charge is 0.477 e. The number of nitrogens with one attached hydrogen (secondary N) is 1. The molecule has 1 aromatic heterocycles. The Morgan fingerprint density at radius 3 is 2.88 bits per heavy atom. The first kappa shape index (κ1) is 18.7. The van der Waals surface area contributed by atoms with Crippen molar-refractivity contribution in [3.63, 3.8) is 0 Å². The third-order valence-corrected chi connectivity index (χ3v) is 6.29. The predicted octanol–water partition coefficient (Wildman–Crippen LogP) is 0.207. The normalized spacial score (nSPS) is 22.2. The summed E-state index contributed by atoms with van der Waals surface area (Å²) in [4.78, 5) is 46.0. The van der Waals surface area contributed by atoms with Crippen molar-refractivity contribution in [3.8, 4) is 0 Å². The number of amides is 2. The molecule has 3 rings (SSSR count). The summed E-state index contributed by atoms with van der Waals surface area (Å²) in [5.41, 5.74) is 5.60. The van der Waals surface area contributed by atoms with Crippen LogP contribution in [0.5, 0.6) is 0 Å². The molecule has 2 aliphatic heterocycles. The maximum absolute atomic E-state index is 12.6. The van der Waals surface area contributed by atoms with Gasteiger partial charge in [0.05, 0.1) is 0 Å². The zero-order valence-electron chi connectivity index (χ0n) is 13.1. The van der Waals surface area contributed by atoms with Gasteiger partial charge in [-0.3, -0.25) is 14.5 Å². The quantitative estimate of drug-likeness (QED) is 0.320. The number of β-lactam (4-membered cyclic amide) rings is 1. The summed E-state index contributed by atoms with van der Waals surface area (Å²) in [6, 6.07) is -0.868. The number of hydrogen-bond acceptors (Lipinski definition) is 9. The molecule has 0 spiro atoms. The third kappa shape index (κ3) is 3.17. The van der Waals surface area contributed by atoms with Crippen LogP contribution in [0.2, 0.25) is 0 Å². The number of nitrogens with two attached hydrogens (primary N) is 1. The molecule has 1 saturated heterocycles. The minimum atomic E-state index is -1.18. The van der Waals surface area contributed by atoms with Gasteiger partial charge < -0.3 is 21.0 Å². The topological polar surface area (TPSA) is 147 Å². The fraction of sp³-hybridized carbons (Fsp3) is 0.308. The lowest BCUT2D eigenvalue weighted by atomic mass is 10.0. The van der Waals surface area contributed by atoms with Gasteiger partial charge in [0.2, 0.25) is 0 Å². The average molecular weight is 462 g/mol. The van der Waals surface area contributed by atoms with Crippen LogP contribution in [0.4, 0.5) is 5.13 Å². The van der Waals surface area contributed by atoms with Gasteiger partial charge in [0.25, 0.3) is 11.8 Å². The van der Waals surface area contributed by atoms with Gasteiger partial charge in [-0.1, -0.05) is 16.5 Å². The Kier molecular flexibility index (Phi) is 5.20. The first-order chi connectivity index (χ1) is 12.3. The van der Waals surface area contributed by atoms with E-state index in [9.17, 15) is 14.4 Å². The van der Waals surface area contributed by atoms with Crippen LogP contribution in [0.3, 0.4) is 0 Å². The van der Waals surface area contributed by atoms with E-state index in [1.54, 1.807) is 0 Å². The van der Waals surface area contributed by atoms with Gasteiger partial charge in [-0.05, 0) is 22.0 Å². The number of thioether (sulfide) groups is 1. The number of carboxylic acids is 1. The number of fused-ring (bicyclic) bond motifs is 1. The van der Waals surface area contributed by atoms with E-state index < -0.39 is 29.2 Å². The number of halogens is 1. The van der Waals surface area contributed by atoms with Crippen molar-refractivity contribution in [2.45, 2.75) is 11.4 Å². The molecular formula is C13H12BrN5O5S2. The number of aliphatic carboxylic acids is 1. The van der Waals surface area contributed by atoms with E-state index >= 15 is 0 Å². The highest BCUT2D eigenvalue weighted by Gasteiger charge is 2.53. The SMILES string of the molecule is CO/N=C(\C(=O)N[C@@H]1C(=O)N2C(C(=O)O)=CCS[C@H]12)c1nc(N)sc1Br. The molecule has 0 aliphatic carbocycles. The van der Waals surface area contributed by atoms with Gasteiger partial charge in [0.15, 0.2) is 10.8 Å². The van der Waals surface area contributed by atoms with E-state index in [4.69, 9.17) is 15.7 Å². The van der Waals surface area contributed by atoms with E-state index in [1.165, 1.54) is 24.9 Å². The zero-order chi connectivity index (χ0) is 19.0. The van der Waals surface area contributed by atoms with Crippen molar-refractivity contribution in [2.75, 3.05) is 18.6 Å². The first-order valence-electron chi connectivity index (χ1n) is 7.07. The number of hydrogen-bond donors (Lipinski definition) is 3. The summed E-state index contributed by atoms with van der Waals surface area (Å²) in [5, 5.41) is 15.2. The Balaban J connectivity index is 1.79. The van der Waals surface area contributed by atoms with Crippen LogP contribution in [-0.2, 0) is 19.2 Å². The van der Waals surface area contributed by atoms with E-state index in [1.807, 2.05) is 0 Å². The number of rotatable bonds is 5. The highest BCUT2D eigenvalue weighted by Crippen LogP contribution is 2.37. The van der Waals surface area contributed by atoms with Crippen molar-refractivity contribution in [3.05, 3.63) is 21.3 Å². The van der Waals surface area contributed by atoms with Gasteiger partial charge in [-0.15, -0.1) is 11.8 Å². The minimum Gasteiger partial charge on any atom is -0.477 e. The molecule has 2 atom stereocenters. The number of oxime groups is 1. The Morgan fingerprint density at radius 2 is 2.31 bits per heavy atom. The van der Waals surface area contributed by atoms with Crippen LogP contribution < -0.4 is 11.1 Å². The number of nitrogen functional groups attached to an aromatic ring is 1. The molecule has 0 aromatic carbocycles. The second kappa shape index (κ2) is 7.25. The van der Waals surface area contributed by atoms with Gasteiger partial charge >= 0.3 is 5.97 Å². The molecular weight excluding hydrogens is 450 g/mol. The molecule has 4 N–H and O–H groups in total. The van der Waals surface area contributed by atoms with Crippen LogP contribution in [-0.4, -0.2) is 62.8 Å². The van der Waals surface area contributed by atoms with E-state index in [0.29, 0.717) is 9.54 Å². The minimum absolute atomic E-state index is 0.0787. The zero-order valence-corrected chi connectivity index (χ0v) is 16.4. The Bertz CT molecular complexity index is 854. The maximum Gasteiger partial charge on any atom is 0.352 e. The molecule has 0 bridgehead atoms. The molecule has 3 heterocycles. The summed E-state index contributed by atoms with van der Waals surface area (Å²) in [6.45, 7) is 0. The van der Waals surface area contributed by atoms with E-state index in [-0.39, 0.29) is 22.2 Å². The number of aromatic nitrogens is 1. The highest BCUT2D eigenvalue weighted by atomic mass is 79.9. The van der Waals surface area contributed by atoms with Crippen molar-refractivity contribution in [2.24, 2.45) is 5.16 Å². The molecule has 2 aliphatic rings. The molecule has 0 saturated carbocycles. The van der Waals surface area contributed by atoms with Crippen LogP contribution in [0.1, 0.15) is 5.69 Å². The van der Waals surface area contributed by atoms with Crippen molar-refractivity contribution >= 4 is 67.7 Å². The van der Waals surface area contributed by atoms with Crippen LogP contribution >= 0.6 is 39.0 Å². The predicted molar refractivity (Wildman–Crippen MR) is 98.5 cm³/mol. The third-order valence-electron chi connectivity index (χ3n) is 3.58. The summed E-state index contributed by atoms with van der Waals surface area (Å²) >= 11 is 5.72. The summed E-state index contributed by atoms with van der Waals surface area (Å²) in [5.74, 6) is -1.94. The summed E-state index contributed by atoms with van der Waals surface area (Å²) < 4.78 is 0.491. The molecule has 0 unspecified atom stereocenters. The second-order valence-electron chi connectivity index (χ2n) is 5.07. The summed E-state index contributed by atoms with van der Waals surface area (Å²) in [6.07, 6.45) is 1.46. The summed E-state index contributed by atoms with van der Waals surface area (Å²) in [7, 11) is 1.27. The fourth-order valence-corrected chi connectivity index (χ4v) is 5.02. The van der Waals surface area contributed by atoms with Crippen LogP contribution in [0.15, 0.2) is 20.7 Å². The van der Waals surface area contributed by atoms with Crippen molar-refractivity contribution < 1.29 is 24.3 Å². The molecule has 1 fully saturated rings. The lowest BCUT2D eigenvalue weighted by Crippen LogP contribution is -2.70. The lowest BCUT2D eigenvalue weighted by Gasteiger charge is -2.48. The van der Waals surface area contributed by atoms with E-state index in [2.05, 4.69) is 31.4 Å². The molecule has 10 nitrogen and oxygen atoms in total. The van der Waals surface area contributed by atoms with Gasteiger partial charge in [-0.25, -0.2) is 9.78 Å². The number of carbonyl (C=O) groups excluding carboxylic acids is 2. The molecule has 2 amide bonds. The average Bonchev–Trinajstić information content (AvgIpc) is 2.94. The highest BCUT2D eigenvalue weighted by molar-refractivity contribution is 9.11. The number of carbonyl (C=O) groups is 3. The van der Waals surface area contributed by atoms with Crippen molar-refractivity contribution in [1.82, 2.24) is 15.2 Å². The molecule has 138 valence electrons. The van der Waals surface area contributed by atoms with Crippen molar-refractivity contribution in [1.29, 1.82) is 0 Å². The monoisotopic (exact) mass is 461 g/mol. The van der Waals surface area contributed by atoms with E-state index in [0.717, 1.165) is 16.2 Å².